The Morgan fingerprint density at radius 1 is 1.15 bits per heavy atom. The average Bonchev–Trinajstić information content (AvgIpc) is 2.42. The SMILES string of the molecule is CCC(=O)N1CC2CC(C1)N2C(=O)C/C=C/CN(C)C. The van der Waals surface area contributed by atoms with E-state index in [1.54, 1.807) is 0 Å². The van der Waals surface area contributed by atoms with Crippen molar-refractivity contribution in [2.45, 2.75) is 38.3 Å². The zero-order valence-electron chi connectivity index (χ0n) is 12.7. The lowest BCUT2D eigenvalue weighted by Crippen LogP contribution is -2.70. The Hall–Kier alpha value is -1.36. The number of piperazine rings is 1. The van der Waals surface area contributed by atoms with Crippen molar-refractivity contribution in [2.24, 2.45) is 0 Å². The van der Waals surface area contributed by atoms with Gasteiger partial charge in [0, 0.05) is 32.5 Å². The number of amides is 2. The number of rotatable bonds is 5. The number of carbonyl (C=O) groups is 2. The van der Waals surface area contributed by atoms with E-state index in [1.807, 2.05) is 43.0 Å². The van der Waals surface area contributed by atoms with Crippen molar-refractivity contribution in [3.05, 3.63) is 12.2 Å². The van der Waals surface area contributed by atoms with E-state index in [4.69, 9.17) is 0 Å². The van der Waals surface area contributed by atoms with Crippen molar-refractivity contribution in [3.8, 4) is 0 Å². The second-order valence-electron chi connectivity index (χ2n) is 5.93. The Morgan fingerprint density at radius 2 is 1.80 bits per heavy atom. The molecule has 2 amide bonds. The van der Waals surface area contributed by atoms with E-state index in [0.717, 1.165) is 26.1 Å². The van der Waals surface area contributed by atoms with Gasteiger partial charge in [0.1, 0.15) is 0 Å². The summed E-state index contributed by atoms with van der Waals surface area (Å²) in [5.74, 6) is 0.405. The zero-order chi connectivity index (χ0) is 14.7. The smallest absolute Gasteiger partial charge is 0.226 e. The highest BCUT2D eigenvalue weighted by Crippen LogP contribution is 2.33. The molecular formula is C15H25N3O2. The molecule has 0 radical (unpaired) electrons. The highest BCUT2D eigenvalue weighted by molar-refractivity contribution is 5.81. The minimum absolute atomic E-state index is 0.199. The summed E-state index contributed by atoms with van der Waals surface area (Å²) in [6, 6.07) is 0.498. The maximum atomic E-state index is 12.2. The lowest BCUT2D eigenvalue weighted by Gasteiger charge is -2.56. The maximum Gasteiger partial charge on any atom is 0.226 e. The van der Waals surface area contributed by atoms with Gasteiger partial charge < -0.3 is 14.7 Å². The van der Waals surface area contributed by atoms with Crippen LogP contribution in [0.5, 0.6) is 0 Å². The van der Waals surface area contributed by atoms with Crippen molar-refractivity contribution in [3.63, 3.8) is 0 Å². The molecule has 0 aliphatic carbocycles. The summed E-state index contributed by atoms with van der Waals surface area (Å²) in [6.07, 6.45) is 6.07. The first kappa shape index (κ1) is 15.0. The van der Waals surface area contributed by atoms with E-state index in [9.17, 15) is 9.59 Å². The molecule has 3 saturated heterocycles. The minimum Gasteiger partial charge on any atom is -0.339 e. The van der Waals surface area contributed by atoms with E-state index in [-0.39, 0.29) is 23.9 Å². The Kier molecular flexibility index (Phi) is 4.81. The van der Waals surface area contributed by atoms with Crippen molar-refractivity contribution in [1.82, 2.24) is 14.7 Å². The van der Waals surface area contributed by atoms with Crippen LogP contribution in [0.4, 0.5) is 0 Å². The van der Waals surface area contributed by atoms with Crippen LogP contribution < -0.4 is 0 Å². The number of nitrogens with zero attached hydrogens (tertiary/aromatic N) is 3. The first-order valence-electron chi connectivity index (χ1n) is 7.41. The van der Waals surface area contributed by atoms with Crippen LogP contribution in [-0.4, -0.2) is 72.3 Å². The molecule has 3 rings (SSSR count). The van der Waals surface area contributed by atoms with Gasteiger partial charge in [0.05, 0.1) is 12.1 Å². The largest absolute Gasteiger partial charge is 0.339 e. The number of carbonyl (C=O) groups excluding carboxylic acids is 2. The molecule has 0 aromatic rings. The number of hydrogen-bond donors (Lipinski definition) is 0. The molecule has 0 N–H and O–H groups in total. The molecule has 2 atom stereocenters. The summed E-state index contributed by atoms with van der Waals surface area (Å²) in [6.45, 7) is 4.19. The van der Waals surface area contributed by atoms with Crippen LogP contribution >= 0.6 is 0 Å². The van der Waals surface area contributed by atoms with Gasteiger partial charge in [-0.05, 0) is 20.5 Å². The highest BCUT2D eigenvalue weighted by Gasteiger charge is 2.47. The lowest BCUT2D eigenvalue weighted by molar-refractivity contribution is -0.159. The predicted octanol–water partition coefficient (Wildman–Crippen LogP) is 0.716. The van der Waals surface area contributed by atoms with E-state index < -0.39 is 0 Å². The van der Waals surface area contributed by atoms with Crippen molar-refractivity contribution >= 4 is 11.8 Å². The van der Waals surface area contributed by atoms with Gasteiger partial charge in [0.15, 0.2) is 0 Å². The molecule has 0 spiro atoms. The molecule has 2 unspecified atom stereocenters. The maximum absolute atomic E-state index is 12.2. The van der Waals surface area contributed by atoms with E-state index in [1.165, 1.54) is 0 Å². The average molecular weight is 279 g/mol. The second kappa shape index (κ2) is 6.39. The second-order valence-corrected chi connectivity index (χ2v) is 5.93. The van der Waals surface area contributed by atoms with Gasteiger partial charge in [-0.1, -0.05) is 19.1 Å². The monoisotopic (exact) mass is 279 g/mol. The fourth-order valence-corrected chi connectivity index (χ4v) is 3.02. The number of hydrogen-bond acceptors (Lipinski definition) is 3. The van der Waals surface area contributed by atoms with Gasteiger partial charge in [-0.15, -0.1) is 0 Å². The van der Waals surface area contributed by atoms with Gasteiger partial charge in [-0.2, -0.15) is 0 Å². The van der Waals surface area contributed by atoms with Crippen LogP contribution in [0.3, 0.4) is 0 Å². The van der Waals surface area contributed by atoms with Crippen molar-refractivity contribution in [1.29, 1.82) is 0 Å². The molecule has 0 saturated carbocycles. The quantitative estimate of drug-likeness (QED) is 0.696. The fourth-order valence-electron chi connectivity index (χ4n) is 3.02. The first-order chi connectivity index (χ1) is 9.52. The Balaban J connectivity index is 1.80. The van der Waals surface area contributed by atoms with Crippen LogP contribution in [0, 0.1) is 0 Å². The normalized spacial score (nSPS) is 25.2. The number of likely N-dealkylation sites (N-methyl/N-ethyl adjacent to an activating group) is 1. The van der Waals surface area contributed by atoms with E-state index in [0.29, 0.717) is 12.8 Å². The molecule has 2 bridgehead atoms. The molecule has 3 aliphatic heterocycles. The molecule has 3 fully saturated rings. The molecule has 0 aromatic heterocycles. The third kappa shape index (κ3) is 3.20. The van der Waals surface area contributed by atoms with Crippen molar-refractivity contribution < 1.29 is 9.59 Å². The molecule has 0 aromatic carbocycles. The number of piperidine rings is 1. The zero-order valence-corrected chi connectivity index (χ0v) is 12.7. The highest BCUT2D eigenvalue weighted by atomic mass is 16.2. The summed E-state index contributed by atoms with van der Waals surface area (Å²) < 4.78 is 0. The lowest BCUT2D eigenvalue weighted by atomic mass is 9.86. The molecule has 3 heterocycles. The predicted molar refractivity (Wildman–Crippen MR) is 78.2 cm³/mol. The molecular weight excluding hydrogens is 254 g/mol. The topological polar surface area (TPSA) is 43.9 Å². The third-order valence-electron chi connectivity index (χ3n) is 4.07. The van der Waals surface area contributed by atoms with Gasteiger partial charge in [0.2, 0.25) is 11.8 Å². The third-order valence-corrected chi connectivity index (χ3v) is 4.07. The number of fused-ring (bicyclic) bond motifs is 2. The van der Waals surface area contributed by atoms with E-state index in [2.05, 4.69) is 4.90 Å². The van der Waals surface area contributed by atoms with Crippen LogP contribution in [0.25, 0.3) is 0 Å². The van der Waals surface area contributed by atoms with Gasteiger partial charge in [-0.3, -0.25) is 9.59 Å². The molecule has 3 aliphatic rings. The molecule has 5 heteroatoms. The summed E-state index contributed by atoms with van der Waals surface area (Å²) >= 11 is 0. The minimum atomic E-state index is 0.199. The summed E-state index contributed by atoms with van der Waals surface area (Å²) in [4.78, 5) is 29.8. The van der Waals surface area contributed by atoms with Gasteiger partial charge >= 0.3 is 0 Å². The van der Waals surface area contributed by atoms with Crippen molar-refractivity contribution in [2.75, 3.05) is 33.7 Å². The van der Waals surface area contributed by atoms with Gasteiger partial charge in [-0.25, -0.2) is 0 Å². The van der Waals surface area contributed by atoms with Crippen LogP contribution in [0.1, 0.15) is 26.2 Å². The molecule has 112 valence electrons. The summed E-state index contributed by atoms with van der Waals surface area (Å²) in [5.41, 5.74) is 0. The molecule has 5 nitrogen and oxygen atoms in total. The Labute approximate surface area is 121 Å². The standard InChI is InChI=1S/C15H25N3O2/c1-4-14(19)17-10-12-9-13(11-17)18(12)15(20)7-5-6-8-16(2)3/h5-6,12-13H,4,7-11H2,1-3H3/b6-5+. The van der Waals surface area contributed by atoms with Crippen LogP contribution in [0.2, 0.25) is 0 Å². The fraction of sp³-hybridized carbons (Fsp3) is 0.733. The van der Waals surface area contributed by atoms with Crippen LogP contribution in [-0.2, 0) is 9.59 Å². The first-order valence-corrected chi connectivity index (χ1v) is 7.41. The summed E-state index contributed by atoms with van der Waals surface area (Å²) in [7, 11) is 4.01. The van der Waals surface area contributed by atoms with Gasteiger partial charge in [0.25, 0.3) is 0 Å². The Bertz CT molecular complexity index is 394. The summed E-state index contributed by atoms with van der Waals surface area (Å²) in [5, 5.41) is 0. The van der Waals surface area contributed by atoms with E-state index >= 15 is 0 Å². The Morgan fingerprint density at radius 3 is 2.35 bits per heavy atom. The molecule has 20 heavy (non-hydrogen) atoms. The van der Waals surface area contributed by atoms with Crippen LogP contribution in [0.15, 0.2) is 12.2 Å².